The van der Waals surface area contributed by atoms with Gasteiger partial charge in [-0.2, -0.15) is 0 Å². The van der Waals surface area contributed by atoms with Crippen molar-refractivity contribution >= 4 is 11.3 Å². The highest BCUT2D eigenvalue weighted by Crippen LogP contribution is 2.32. The molecule has 0 radical (unpaired) electrons. The number of nitrogens with zero attached hydrogens (tertiary/aromatic N) is 1. The van der Waals surface area contributed by atoms with Crippen LogP contribution >= 0.6 is 11.3 Å². The molecule has 2 nitrogen and oxygen atoms in total. The number of hydrogen-bond donors (Lipinski definition) is 1. The van der Waals surface area contributed by atoms with Crippen LogP contribution in [0.15, 0.2) is 12.1 Å². The third kappa shape index (κ3) is 3.63. The smallest absolute Gasteiger partial charge is 0.0417 e. The molecular weight excluding hydrogens is 264 g/mol. The lowest BCUT2D eigenvalue weighted by molar-refractivity contribution is 0.0611. The third-order valence-corrected chi connectivity index (χ3v) is 5.72. The van der Waals surface area contributed by atoms with Crippen LogP contribution in [0.3, 0.4) is 0 Å². The number of hydrogen-bond acceptors (Lipinski definition) is 3. The Morgan fingerprint density at radius 3 is 2.65 bits per heavy atom. The zero-order valence-corrected chi connectivity index (χ0v) is 14.5. The van der Waals surface area contributed by atoms with Gasteiger partial charge in [-0.05, 0) is 38.3 Å². The minimum Gasteiger partial charge on any atom is -0.311 e. The Balaban J connectivity index is 2.13. The minimum absolute atomic E-state index is 0.544. The van der Waals surface area contributed by atoms with Crippen LogP contribution in [0.4, 0.5) is 0 Å². The molecule has 1 fully saturated rings. The number of rotatable bonds is 5. The summed E-state index contributed by atoms with van der Waals surface area (Å²) < 4.78 is 0. The van der Waals surface area contributed by atoms with Crippen molar-refractivity contribution in [3.63, 3.8) is 0 Å². The van der Waals surface area contributed by atoms with E-state index in [0.717, 1.165) is 6.54 Å². The summed E-state index contributed by atoms with van der Waals surface area (Å²) in [7, 11) is 0. The Morgan fingerprint density at radius 1 is 1.35 bits per heavy atom. The normalized spacial score (nSPS) is 26.1. The molecule has 3 heteroatoms. The van der Waals surface area contributed by atoms with Crippen molar-refractivity contribution in [1.82, 2.24) is 10.2 Å². The molecule has 2 heterocycles. The Hall–Kier alpha value is -0.380. The molecule has 1 aromatic heterocycles. The van der Waals surface area contributed by atoms with E-state index in [1.54, 1.807) is 0 Å². The fourth-order valence-corrected chi connectivity index (χ4v) is 4.26. The molecule has 0 aromatic carbocycles. The molecular formula is C17H30N2S. The summed E-state index contributed by atoms with van der Waals surface area (Å²) in [4.78, 5) is 5.69. The molecule has 0 aliphatic carbocycles. The summed E-state index contributed by atoms with van der Waals surface area (Å²) >= 11 is 1.96. The summed E-state index contributed by atoms with van der Waals surface area (Å²) in [5.74, 6) is 0.702. The van der Waals surface area contributed by atoms with Gasteiger partial charge < -0.3 is 5.32 Å². The Kier molecular flexibility index (Phi) is 5.65. The zero-order chi connectivity index (χ0) is 14.7. The standard InChI is InChI=1S/C17H30N2S/c1-6-7-15-11-19(16(10-18-15)12(2)3)14(5)17-9-8-13(4)20-17/h8-9,12,14-16,18H,6-7,10-11H2,1-5H3. The molecule has 114 valence electrons. The molecule has 1 saturated heterocycles. The van der Waals surface area contributed by atoms with Crippen molar-refractivity contribution in [1.29, 1.82) is 0 Å². The highest BCUT2D eigenvalue weighted by molar-refractivity contribution is 7.12. The van der Waals surface area contributed by atoms with Crippen molar-refractivity contribution in [2.75, 3.05) is 13.1 Å². The van der Waals surface area contributed by atoms with Gasteiger partial charge in [0.15, 0.2) is 0 Å². The van der Waals surface area contributed by atoms with Gasteiger partial charge in [0.1, 0.15) is 0 Å². The van der Waals surface area contributed by atoms with E-state index in [9.17, 15) is 0 Å². The molecule has 0 amide bonds. The molecule has 1 aliphatic rings. The number of nitrogens with one attached hydrogen (secondary N) is 1. The highest BCUT2D eigenvalue weighted by Gasteiger charge is 2.33. The first kappa shape index (κ1) is 16.0. The first-order valence-electron chi connectivity index (χ1n) is 8.08. The van der Waals surface area contributed by atoms with Gasteiger partial charge in [-0.1, -0.05) is 27.2 Å². The number of aryl methyl sites for hydroxylation is 1. The molecule has 3 atom stereocenters. The summed E-state index contributed by atoms with van der Waals surface area (Å²) in [6.07, 6.45) is 2.56. The molecule has 1 aromatic rings. The first-order chi connectivity index (χ1) is 9.52. The van der Waals surface area contributed by atoms with Crippen LogP contribution in [0.5, 0.6) is 0 Å². The van der Waals surface area contributed by atoms with Gasteiger partial charge in [0.25, 0.3) is 0 Å². The predicted octanol–water partition coefficient (Wildman–Crippen LogP) is 4.22. The second-order valence-electron chi connectivity index (χ2n) is 6.53. The van der Waals surface area contributed by atoms with E-state index in [4.69, 9.17) is 0 Å². The molecule has 0 saturated carbocycles. The average molecular weight is 295 g/mol. The van der Waals surface area contributed by atoms with Crippen LogP contribution in [0, 0.1) is 12.8 Å². The van der Waals surface area contributed by atoms with Crippen molar-refractivity contribution in [3.8, 4) is 0 Å². The van der Waals surface area contributed by atoms with E-state index >= 15 is 0 Å². The average Bonchev–Trinajstić information content (AvgIpc) is 2.84. The minimum atomic E-state index is 0.544. The van der Waals surface area contributed by atoms with Crippen LogP contribution in [-0.2, 0) is 0 Å². The van der Waals surface area contributed by atoms with Gasteiger partial charge in [0, 0.05) is 41.0 Å². The fourth-order valence-electron chi connectivity index (χ4n) is 3.31. The van der Waals surface area contributed by atoms with Crippen molar-refractivity contribution in [2.45, 2.75) is 65.6 Å². The van der Waals surface area contributed by atoms with Crippen LogP contribution in [0.2, 0.25) is 0 Å². The quantitative estimate of drug-likeness (QED) is 0.875. The second-order valence-corrected chi connectivity index (χ2v) is 7.85. The molecule has 0 bridgehead atoms. The summed E-state index contributed by atoms with van der Waals surface area (Å²) in [6, 6.07) is 6.44. The molecule has 1 N–H and O–H groups in total. The maximum absolute atomic E-state index is 3.75. The van der Waals surface area contributed by atoms with Crippen molar-refractivity contribution in [3.05, 3.63) is 21.9 Å². The van der Waals surface area contributed by atoms with E-state index < -0.39 is 0 Å². The van der Waals surface area contributed by atoms with Gasteiger partial charge >= 0.3 is 0 Å². The lowest BCUT2D eigenvalue weighted by Gasteiger charge is -2.45. The summed E-state index contributed by atoms with van der Waals surface area (Å²) in [5.41, 5.74) is 0. The zero-order valence-electron chi connectivity index (χ0n) is 13.6. The predicted molar refractivity (Wildman–Crippen MR) is 89.5 cm³/mol. The van der Waals surface area contributed by atoms with E-state index in [0.29, 0.717) is 24.0 Å². The summed E-state index contributed by atoms with van der Waals surface area (Å²) in [6.45, 7) is 13.9. The van der Waals surface area contributed by atoms with Crippen LogP contribution in [0.1, 0.15) is 56.3 Å². The van der Waals surface area contributed by atoms with Gasteiger partial charge in [-0.15, -0.1) is 11.3 Å². The SMILES string of the molecule is CCCC1CN(C(C)c2ccc(C)s2)C(C(C)C)CN1. The fraction of sp³-hybridized carbons (Fsp3) is 0.765. The first-order valence-corrected chi connectivity index (χ1v) is 8.90. The second kappa shape index (κ2) is 7.06. The number of piperazine rings is 1. The van der Waals surface area contributed by atoms with E-state index in [2.05, 4.69) is 57.0 Å². The lowest BCUT2D eigenvalue weighted by Crippen LogP contribution is -2.58. The van der Waals surface area contributed by atoms with Crippen molar-refractivity contribution < 1.29 is 0 Å². The van der Waals surface area contributed by atoms with Gasteiger partial charge in [0.2, 0.25) is 0 Å². The van der Waals surface area contributed by atoms with Crippen LogP contribution in [0.25, 0.3) is 0 Å². The van der Waals surface area contributed by atoms with Gasteiger partial charge in [-0.3, -0.25) is 4.90 Å². The monoisotopic (exact) mass is 294 g/mol. The molecule has 2 rings (SSSR count). The summed E-state index contributed by atoms with van der Waals surface area (Å²) in [5, 5.41) is 3.75. The van der Waals surface area contributed by atoms with Gasteiger partial charge in [0.05, 0.1) is 0 Å². The van der Waals surface area contributed by atoms with E-state index in [1.807, 2.05) is 11.3 Å². The Morgan fingerprint density at radius 2 is 2.10 bits per heavy atom. The molecule has 3 unspecified atom stereocenters. The Labute approximate surface area is 128 Å². The largest absolute Gasteiger partial charge is 0.311 e. The molecule has 20 heavy (non-hydrogen) atoms. The molecule has 1 aliphatic heterocycles. The third-order valence-electron chi connectivity index (χ3n) is 4.55. The van der Waals surface area contributed by atoms with Gasteiger partial charge in [-0.25, -0.2) is 0 Å². The highest BCUT2D eigenvalue weighted by atomic mass is 32.1. The topological polar surface area (TPSA) is 15.3 Å². The molecule has 0 spiro atoms. The number of thiophene rings is 1. The van der Waals surface area contributed by atoms with E-state index in [-0.39, 0.29) is 0 Å². The maximum atomic E-state index is 3.75. The van der Waals surface area contributed by atoms with Crippen molar-refractivity contribution in [2.24, 2.45) is 5.92 Å². The van der Waals surface area contributed by atoms with Crippen LogP contribution < -0.4 is 5.32 Å². The Bertz CT molecular complexity index is 413. The maximum Gasteiger partial charge on any atom is 0.0417 e. The lowest BCUT2D eigenvalue weighted by atomic mass is 9.95. The van der Waals surface area contributed by atoms with Crippen LogP contribution in [-0.4, -0.2) is 30.1 Å². The van der Waals surface area contributed by atoms with E-state index in [1.165, 1.54) is 29.1 Å².